The van der Waals surface area contributed by atoms with Crippen molar-refractivity contribution in [2.24, 2.45) is 0 Å². The molecule has 0 radical (unpaired) electrons. The molecule has 0 atom stereocenters. The van der Waals surface area contributed by atoms with Gasteiger partial charge in [-0.3, -0.25) is 0 Å². The summed E-state index contributed by atoms with van der Waals surface area (Å²) >= 11 is 23.4. The summed E-state index contributed by atoms with van der Waals surface area (Å²) < 4.78 is 1.51. The number of nitrogens with zero attached hydrogens (tertiary/aromatic N) is 2. The summed E-state index contributed by atoms with van der Waals surface area (Å²) in [6.07, 6.45) is 0. The molecule has 1 heterocycles. The third-order valence-electron chi connectivity index (χ3n) is 1.94. The monoisotopic (exact) mass is 462 g/mol. The van der Waals surface area contributed by atoms with E-state index >= 15 is 0 Å². The minimum Gasteiger partial charge on any atom is -0.215 e. The molecule has 0 aliphatic rings. The molecule has 17 heavy (non-hydrogen) atoms. The van der Waals surface area contributed by atoms with E-state index in [0.29, 0.717) is 30.3 Å². The Kier molecular flexibility index (Phi) is 4.52. The van der Waals surface area contributed by atoms with E-state index in [0.717, 1.165) is 4.47 Å². The number of rotatable bonds is 1. The second-order valence-electron chi connectivity index (χ2n) is 3.07. The van der Waals surface area contributed by atoms with Crippen LogP contribution in [0.1, 0.15) is 0 Å². The van der Waals surface area contributed by atoms with Gasteiger partial charge in [0, 0.05) is 10.0 Å². The van der Waals surface area contributed by atoms with Gasteiger partial charge in [-0.1, -0.05) is 50.7 Å². The first-order valence-corrected chi connectivity index (χ1v) is 7.33. The molecule has 7 heteroatoms. The van der Waals surface area contributed by atoms with Crippen LogP contribution in [0.4, 0.5) is 0 Å². The lowest BCUT2D eigenvalue weighted by Crippen LogP contribution is -1.94. The van der Waals surface area contributed by atoms with Gasteiger partial charge >= 0.3 is 0 Å². The van der Waals surface area contributed by atoms with E-state index in [9.17, 15) is 0 Å². The second-order valence-corrected chi connectivity index (χ2v) is 6.18. The molecule has 0 amide bonds. The van der Waals surface area contributed by atoms with E-state index in [1.807, 2.05) is 34.7 Å². The van der Waals surface area contributed by atoms with Crippen LogP contribution in [0.25, 0.3) is 11.4 Å². The summed E-state index contributed by atoms with van der Waals surface area (Å²) in [5.74, 6) is 0.409. The third kappa shape index (κ3) is 3.04. The second kappa shape index (κ2) is 5.57. The highest BCUT2D eigenvalue weighted by Crippen LogP contribution is 2.32. The molecule has 1 aromatic carbocycles. The van der Waals surface area contributed by atoms with Gasteiger partial charge in [-0.2, -0.15) is 0 Å². The molecule has 0 saturated heterocycles. The molecule has 0 bridgehead atoms. The van der Waals surface area contributed by atoms with Gasteiger partial charge in [0.25, 0.3) is 0 Å². The van der Waals surface area contributed by atoms with E-state index < -0.39 is 0 Å². The molecule has 0 fully saturated rings. The Morgan fingerprint density at radius 3 is 2.24 bits per heavy atom. The lowest BCUT2D eigenvalue weighted by atomic mass is 10.2. The largest absolute Gasteiger partial charge is 0.215 e. The zero-order chi connectivity index (χ0) is 12.6. The number of hydrogen-bond donors (Lipinski definition) is 0. The standard InChI is InChI=1S/C10H3BrCl3IN2/c11-4-1-2-6(12)5(3-4)10-16-8(13)7(15)9(14)17-10/h1-3H. The number of halogens is 5. The maximum atomic E-state index is 6.09. The van der Waals surface area contributed by atoms with Gasteiger partial charge in [-0.05, 0) is 40.8 Å². The highest BCUT2D eigenvalue weighted by atomic mass is 127. The van der Waals surface area contributed by atoms with Crippen LogP contribution < -0.4 is 0 Å². The molecule has 0 unspecified atom stereocenters. The van der Waals surface area contributed by atoms with Crippen LogP contribution in [0.3, 0.4) is 0 Å². The predicted octanol–water partition coefficient (Wildman–Crippen LogP) is 5.47. The van der Waals surface area contributed by atoms with Crippen LogP contribution in [0.2, 0.25) is 15.3 Å². The fourth-order valence-corrected chi connectivity index (χ4v) is 2.38. The van der Waals surface area contributed by atoms with Gasteiger partial charge in [0.2, 0.25) is 0 Å². The van der Waals surface area contributed by atoms with Gasteiger partial charge in [0.05, 0.1) is 8.59 Å². The lowest BCUT2D eigenvalue weighted by Gasteiger charge is -2.06. The Hall–Kier alpha value is 0.380. The van der Waals surface area contributed by atoms with Crippen LogP contribution in [0.15, 0.2) is 22.7 Å². The van der Waals surface area contributed by atoms with Gasteiger partial charge in [0.1, 0.15) is 10.3 Å². The van der Waals surface area contributed by atoms with Gasteiger partial charge in [-0.15, -0.1) is 0 Å². The zero-order valence-corrected chi connectivity index (χ0v) is 14.0. The quantitative estimate of drug-likeness (QED) is 0.413. The molecule has 1 aromatic heterocycles. The van der Waals surface area contributed by atoms with Gasteiger partial charge in [-0.25, -0.2) is 9.97 Å². The fraction of sp³-hybridized carbons (Fsp3) is 0. The van der Waals surface area contributed by atoms with Gasteiger partial charge in [0.15, 0.2) is 5.82 Å². The van der Waals surface area contributed by atoms with Crippen LogP contribution in [0, 0.1) is 3.57 Å². The van der Waals surface area contributed by atoms with E-state index in [2.05, 4.69) is 25.9 Å². The fourth-order valence-electron chi connectivity index (χ4n) is 1.18. The number of benzene rings is 1. The molecule has 0 saturated carbocycles. The molecule has 0 aliphatic heterocycles. The minimum absolute atomic E-state index is 0.316. The van der Waals surface area contributed by atoms with Crippen molar-refractivity contribution in [2.75, 3.05) is 0 Å². The molecule has 2 aromatic rings. The van der Waals surface area contributed by atoms with Crippen molar-refractivity contribution in [3.05, 3.63) is 41.6 Å². The smallest absolute Gasteiger partial charge is 0.164 e. The maximum Gasteiger partial charge on any atom is 0.164 e. The zero-order valence-electron chi connectivity index (χ0n) is 8.02. The molecule has 2 nitrogen and oxygen atoms in total. The average Bonchev–Trinajstić information content (AvgIpc) is 2.28. The van der Waals surface area contributed by atoms with Crippen molar-refractivity contribution in [1.82, 2.24) is 9.97 Å². The van der Waals surface area contributed by atoms with E-state index in [1.165, 1.54) is 0 Å². The summed E-state index contributed by atoms with van der Waals surface area (Å²) in [6.45, 7) is 0. The van der Waals surface area contributed by atoms with Crippen molar-refractivity contribution in [2.45, 2.75) is 0 Å². The SMILES string of the molecule is Clc1ccc(Br)cc1-c1nc(Cl)c(I)c(Cl)n1. The van der Waals surface area contributed by atoms with Crippen molar-refractivity contribution < 1.29 is 0 Å². The van der Waals surface area contributed by atoms with Gasteiger partial charge < -0.3 is 0 Å². The summed E-state index contributed by atoms with van der Waals surface area (Å²) in [5, 5.41) is 1.18. The molecular weight excluding hydrogens is 461 g/mol. The number of hydrogen-bond acceptors (Lipinski definition) is 2. The Morgan fingerprint density at radius 1 is 1.06 bits per heavy atom. The Bertz CT molecular complexity index is 569. The molecular formula is C10H3BrCl3IN2. The summed E-state index contributed by atoms with van der Waals surface area (Å²) in [7, 11) is 0. The molecule has 0 N–H and O–H groups in total. The van der Waals surface area contributed by atoms with Crippen molar-refractivity contribution in [3.63, 3.8) is 0 Å². The maximum absolute atomic E-state index is 6.09. The Labute approximate surface area is 135 Å². The van der Waals surface area contributed by atoms with Crippen LogP contribution >= 0.6 is 73.3 Å². The first kappa shape index (κ1) is 13.8. The molecule has 0 spiro atoms. The van der Waals surface area contributed by atoms with Crippen molar-refractivity contribution in [3.8, 4) is 11.4 Å². The Balaban J connectivity index is 2.64. The van der Waals surface area contributed by atoms with E-state index in [-0.39, 0.29) is 0 Å². The summed E-state index contributed by atoms with van der Waals surface area (Å²) in [6, 6.07) is 5.41. The molecule has 88 valence electrons. The normalized spacial score (nSPS) is 10.6. The van der Waals surface area contributed by atoms with Crippen molar-refractivity contribution in [1.29, 1.82) is 0 Å². The van der Waals surface area contributed by atoms with Crippen LogP contribution in [-0.2, 0) is 0 Å². The predicted molar refractivity (Wildman–Crippen MR) is 82.9 cm³/mol. The molecule has 2 rings (SSSR count). The van der Waals surface area contributed by atoms with Crippen molar-refractivity contribution >= 4 is 73.3 Å². The lowest BCUT2D eigenvalue weighted by molar-refractivity contribution is 1.16. The summed E-state index contributed by atoms with van der Waals surface area (Å²) in [4.78, 5) is 8.33. The van der Waals surface area contributed by atoms with Crippen LogP contribution in [0.5, 0.6) is 0 Å². The first-order valence-electron chi connectivity index (χ1n) is 4.33. The molecule has 0 aliphatic carbocycles. The van der Waals surface area contributed by atoms with Crippen LogP contribution in [-0.4, -0.2) is 9.97 Å². The average molecular weight is 464 g/mol. The highest BCUT2D eigenvalue weighted by molar-refractivity contribution is 14.1. The topological polar surface area (TPSA) is 25.8 Å². The number of aromatic nitrogens is 2. The van der Waals surface area contributed by atoms with E-state index in [1.54, 1.807) is 6.07 Å². The summed E-state index contributed by atoms with van der Waals surface area (Å²) in [5.41, 5.74) is 0.682. The highest BCUT2D eigenvalue weighted by Gasteiger charge is 2.13. The minimum atomic E-state index is 0.316. The third-order valence-corrected chi connectivity index (χ3v) is 4.97. The van der Waals surface area contributed by atoms with E-state index in [4.69, 9.17) is 34.8 Å². The Morgan fingerprint density at radius 2 is 1.65 bits per heavy atom. The first-order chi connectivity index (χ1) is 7.99.